The normalized spacial score (nSPS) is 15.6. The van der Waals surface area contributed by atoms with Gasteiger partial charge in [0.1, 0.15) is 0 Å². The molecular weight excluding hydrogens is 334 g/mol. The minimum atomic E-state index is -3.67. The lowest BCUT2D eigenvalue weighted by Gasteiger charge is -2.12. The molecule has 0 aromatic carbocycles. The molecule has 1 aliphatic heterocycles. The SMILES string of the molecule is CC(C)C(=O)NCCNC(=O)c1ccc(S(=O)(=O)N2CCCC2)o1. The van der Waals surface area contributed by atoms with E-state index in [0.29, 0.717) is 19.6 Å². The van der Waals surface area contributed by atoms with Gasteiger partial charge in [0, 0.05) is 32.1 Å². The van der Waals surface area contributed by atoms with Gasteiger partial charge >= 0.3 is 0 Å². The molecule has 1 aromatic rings. The number of furan rings is 1. The van der Waals surface area contributed by atoms with Crippen molar-refractivity contribution in [2.45, 2.75) is 31.8 Å². The van der Waals surface area contributed by atoms with Gasteiger partial charge in [-0.15, -0.1) is 0 Å². The minimum absolute atomic E-state index is 0.0667. The van der Waals surface area contributed by atoms with Crippen LogP contribution in [-0.2, 0) is 14.8 Å². The van der Waals surface area contributed by atoms with Crippen molar-refractivity contribution in [2.24, 2.45) is 5.92 Å². The van der Waals surface area contributed by atoms with E-state index in [1.165, 1.54) is 16.4 Å². The van der Waals surface area contributed by atoms with E-state index in [2.05, 4.69) is 10.6 Å². The van der Waals surface area contributed by atoms with Gasteiger partial charge in [0.25, 0.3) is 15.9 Å². The molecule has 1 fully saturated rings. The van der Waals surface area contributed by atoms with Crippen molar-refractivity contribution < 1.29 is 22.4 Å². The van der Waals surface area contributed by atoms with Crippen LogP contribution in [0.15, 0.2) is 21.6 Å². The lowest BCUT2D eigenvalue weighted by atomic mass is 10.2. The molecule has 2 N–H and O–H groups in total. The van der Waals surface area contributed by atoms with Gasteiger partial charge in [-0.05, 0) is 25.0 Å². The third kappa shape index (κ3) is 4.35. The van der Waals surface area contributed by atoms with Crippen molar-refractivity contribution in [3.8, 4) is 0 Å². The number of hydrogen-bond acceptors (Lipinski definition) is 5. The van der Waals surface area contributed by atoms with Crippen LogP contribution in [0.5, 0.6) is 0 Å². The number of sulfonamides is 1. The molecule has 0 spiro atoms. The van der Waals surface area contributed by atoms with Crippen LogP contribution in [0.2, 0.25) is 0 Å². The molecule has 0 radical (unpaired) electrons. The Hall–Kier alpha value is -1.87. The Morgan fingerprint density at radius 3 is 2.42 bits per heavy atom. The lowest BCUT2D eigenvalue weighted by Crippen LogP contribution is -2.36. The van der Waals surface area contributed by atoms with Gasteiger partial charge in [-0.3, -0.25) is 9.59 Å². The molecule has 0 aliphatic carbocycles. The summed E-state index contributed by atoms with van der Waals surface area (Å²) >= 11 is 0. The van der Waals surface area contributed by atoms with Crippen molar-refractivity contribution in [3.63, 3.8) is 0 Å². The van der Waals surface area contributed by atoms with Crippen LogP contribution >= 0.6 is 0 Å². The number of hydrogen-bond donors (Lipinski definition) is 2. The number of amides is 2. The Kier molecular flexibility index (Phi) is 6.00. The molecule has 24 heavy (non-hydrogen) atoms. The summed E-state index contributed by atoms with van der Waals surface area (Å²) in [4.78, 5) is 23.3. The van der Waals surface area contributed by atoms with Gasteiger partial charge in [0.2, 0.25) is 11.0 Å². The van der Waals surface area contributed by atoms with Crippen molar-refractivity contribution >= 4 is 21.8 Å². The summed E-state index contributed by atoms with van der Waals surface area (Å²) in [6, 6.07) is 2.63. The first-order chi connectivity index (χ1) is 11.3. The van der Waals surface area contributed by atoms with E-state index in [0.717, 1.165) is 12.8 Å². The highest BCUT2D eigenvalue weighted by atomic mass is 32.2. The van der Waals surface area contributed by atoms with Crippen LogP contribution in [0, 0.1) is 5.92 Å². The van der Waals surface area contributed by atoms with Crippen molar-refractivity contribution in [1.82, 2.24) is 14.9 Å². The van der Waals surface area contributed by atoms with E-state index in [9.17, 15) is 18.0 Å². The largest absolute Gasteiger partial charge is 0.438 e. The van der Waals surface area contributed by atoms with E-state index in [1.54, 1.807) is 13.8 Å². The molecule has 1 aromatic heterocycles. The zero-order valence-electron chi connectivity index (χ0n) is 13.9. The molecule has 0 atom stereocenters. The molecule has 1 saturated heterocycles. The lowest BCUT2D eigenvalue weighted by molar-refractivity contribution is -0.123. The summed E-state index contributed by atoms with van der Waals surface area (Å²) in [7, 11) is -3.67. The van der Waals surface area contributed by atoms with E-state index < -0.39 is 15.9 Å². The second-order valence-electron chi connectivity index (χ2n) is 5.93. The van der Waals surface area contributed by atoms with Crippen LogP contribution in [0.1, 0.15) is 37.2 Å². The monoisotopic (exact) mass is 357 g/mol. The number of nitrogens with one attached hydrogen (secondary N) is 2. The van der Waals surface area contributed by atoms with Gasteiger partial charge < -0.3 is 15.1 Å². The Balaban J connectivity index is 1.88. The summed E-state index contributed by atoms with van der Waals surface area (Å²) in [5, 5.41) is 5.02. The second-order valence-corrected chi connectivity index (χ2v) is 7.80. The molecule has 134 valence electrons. The van der Waals surface area contributed by atoms with Crippen LogP contribution < -0.4 is 10.6 Å². The molecule has 0 saturated carbocycles. The quantitative estimate of drug-likeness (QED) is 0.693. The summed E-state index contributed by atoms with van der Waals surface area (Å²) in [5.41, 5.74) is 0. The smallest absolute Gasteiger partial charge is 0.287 e. The van der Waals surface area contributed by atoms with Gasteiger partial charge in [0.05, 0.1) is 0 Å². The topological polar surface area (TPSA) is 109 Å². The van der Waals surface area contributed by atoms with E-state index in [-0.39, 0.29) is 29.2 Å². The van der Waals surface area contributed by atoms with Gasteiger partial charge in [0.15, 0.2) is 5.76 Å². The zero-order valence-corrected chi connectivity index (χ0v) is 14.7. The number of carbonyl (C=O) groups is 2. The van der Waals surface area contributed by atoms with Crippen LogP contribution in [-0.4, -0.2) is 50.7 Å². The van der Waals surface area contributed by atoms with Crippen molar-refractivity contribution in [1.29, 1.82) is 0 Å². The molecule has 8 nitrogen and oxygen atoms in total. The fourth-order valence-electron chi connectivity index (χ4n) is 2.29. The molecule has 2 heterocycles. The fraction of sp³-hybridized carbons (Fsp3) is 0.600. The maximum atomic E-state index is 12.3. The molecule has 1 aliphatic rings. The Morgan fingerprint density at radius 1 is 1.17 bits per heavy atom. The Bertz CT molecular complexity index is 690. The molecule has 0 bridgehead atoms. The van der Waals surface area contributed by atoms with Gasteiger partial charge in [-0.2, -0.15) is 4.31 Å². The standard InChI is InChI=1S/C15H23N3O5S/c1-11(2)14(19)16-7-8-17-15(20)12-5-6-13(23-12)24(21,22)18-9-3-4-10-18/h5-6,11H,3-4,7-10H2,1-2H3,(H,16,19)(H,17,20). The fourth-order valence-corrected chi connectivity index (χ4v) is 3.72. The predicted molar refractivity (Wildman–Crippen MR) is 86.9 cm³/mol. The predicted octanol–water partition coefficient (Wildman–Crippen LogP) is 0.566. The summed E-state index contributed by atoms with van der Waals surface area (Å²) in [6.07, 6.45) is 1.66. The highest BCUT2D eigenvalue weighted by Gasteiger charge is 2.30. The van der Waals surface area contributed by atoms with Crippen molar-refractivity contribution in [3.05, 3.63) is 17.9 Å². The summed E-state index contributed by atoms with van der Waals surface area (Å²) < 4.78 is 31.2. The first-order valence-electron chi connectivity index (χ1n) is 7.98. The third-order valence-corrected chi connectivity index (χ3v) is 5.47. The first-order valence-corrected chi connectivity index (χ1v) is 9.42. The third-order valence-electron chi connectivity index (χ3n) is 3.70. The highest BCUT2D eigenvalue weighted by molar-refractivity contribution is 7.89. The van der Waals surface area contributed by atoms with E-state index in [4.69, 9.17) is 4.42 Å². The van der Waals surface area contributed by atoms with Crippen LogP contribution in [0.4, 0.5) is 0 Å². The van der Waals surface area contributed by atoms with Gasteiger partial charge in [-0.25, -0.2) is 8.42 Å². The maximum absolute atomic E-state index is 12.3. The molecule has 0 unspecified atom stereocenters. The van der Waals surface area contributed by atoms with Gasteiger partial charge in [-0.1, -0.05) is 13.8 Å². The molecule has 9 heteroatoms. The zero-order chi connectivity index (χ0) is 17.7. The van der Waals surface area contributed by atoms with Crippen molar-refractivity contribution in [2.75, 3.05) is 26.2 Å². The van der Waals surface area contributed by atoms with Crippen LogP contribution in [0.3, 0.4) is 0 Å². The number of rotatable bonds is 7. The Morgan fingerprint density at radius 2 is 1.79 bits per heavy atom. The highest BCUT2D eigenvalue weighted by Crippen LogP contribution is 2.22. The average molecular weight is 357 g/mol. The molecular formula is C15H23N3O5S. The second kappa shape index (κ2) is 7.80. The van der Waals surface area contributed by atoms with E-state index in [1.807, 2.05) is 0 Å². The minimum Gasteiger partial charge on any atom is -0.438 e. The van der Waals surface area contributed by atoms with E-state index >= 15 is 0 Å². The molecule has 2 rings (SSSR count). The number of nitrogens with zero attached hydrogens (tertiary/aromatic N) is 1. The summed E-state index contributed by atoms with van der Waals surface area (Å²) in [5.74, 6) is -0.801. The molecule has 2 amide bonds. The summed E-state index contributed by atoms with van der Waals surface area (Å²) in [6.45, 7) is 5.02. The Labute approximate surface area is 141 Å². The average Bonchev–Trinajstić information content (AvgIpc) is 3.22. The maximum Gasteiger partial charge on any atom is 0.287 e. The first kappa shape index (κ1) is 18.5. The van der Waals surface area contributed by atoms with Crippen LogP contribution in [0.25, 0.3) is 0 Å². The number of carbonyl (C=O) groups excluding carboxylic acids is 2.